The monoisotopic (exact) mass is 476 g/mol. The lowest BCUT2D eigenvalue weighted by Gasteiger charge is -2.18. The van der Waals surface area contributed by atoms with Crippen LogP contribution in [0.3, 0.4) is 0 Å². The van der Waals surface area contributed by atoms with Crippen LogP contribution in [-0.2, 0) is 6.54 Å². The number of unbranched alkanes of at least 4 members (excludes halogenated alkanes) is 1. The number of nitrogens with zero attached hydrogens (tertiary/aromatic N) is 4. The summed E-state index contributed by atoms with van der Waals surface area (Å²) in [6, 6.07) is 6.39. The zero-order valence-corrected chi connectivity index (χ0v) is 17.4. The maximum absolute atomic E-state index is 13.6. The van der Waals surface area contributed by atoms with Crippen molar-refractivity contribution >= 4 is 29.9 Å². The van der Waals surface area contributed by atoms with E-state index in [0.29, 0.717) is 12.5 Å². The highest BCUT2D eigenvalue weighted by atomic mass is 127. The van der Waals surface area contributed by atoms with Crippen molar-refractivity contribution in [3.05, 3.63) is 42.7 Å². The van der Waals surface area contributed by atoms with Gasteiger partial charge in [0.25, 0.3) is 0 Å². The van der Waals surface area contributed by atoms with Crippen molar-refractivity contribution in [3.63, 3.8) is 0 Å². The molecular formula is C17H26FIN6O. The number of para-hydroxylation sites is 1. The summed E-state index contributed by atoms with van der Waals surface area (Å²) in [6.07, 6.45) is 5.26. The summed E-state index contributed by atoms with van der Waals surface area (Å²) >= 11 is 0. The van der Waals surface area contributed by atoms with Crippen LogP contribution in [0.5, 0.6) is 5.75 Å². The van der Waals surface area contributed by atoms with Gasteiger partial charge in [0.1, 0.15) is 18.8 Å². The van der Waals surface area contributed by atoms with Gasteiger partial charge in [0.05, 0.1) is 6.54 Å². The van der Waals surface area contributed by atoms with Crippen molar-refractivity contribution in [1.82, 2.24) is 25.4 Å². The third-order valence-corrected chi connectivity index (χ3v) is 3.55. The minimum Gasteiger partial charge on any atom is -0.486 e. The fraction of sp³-hybridized carbons (Fsp3) is 0.471. The Morgan fingerprint density at radius 1 is 1.23 bits per heavy atom. The van der Waals surface area contributed by atoms with Gasteiger partial charge in [-0.25, -0.2) is 4.39 Å². The molecule has 2 rings (SSSR count). The van der Waals surface area contributed by atoms with Crippen LogP contribution in [0, 0.1) is 5.82 Å². The van der Waals surface area contributed by atoms with Gasteiger partial charge in [-0.2, -0.15) is 0 Å². The van der Waals surface area contributed by atoms with Crippen molar-refractivity contribution in [2.24, 2.45) is 4.99 Å². The minimum absolute atomic E-state index is 0. The predicted octanol–water partition coefficient (Wildman–Crippen LogP) is 2.45. The fourth-order valence-electron chi connectivity index (χ4n) is 2.22. The van der Waals surface area contributed by atoms with Gasteiger partial charge in [-0.3, -0.25) is 4.99 Å². The Balaban J connectivity index is 0.00000338. The van der Waals surface area contributed by atoms with Crippen LogP contribution in [0.4, 0.5) is 4.39 Å². The molecule has 1 unspecified atom stereocenters. The normalized spacial score (nSPS) is 12.2. The van der Waals surface area contributed by atoms with Crippen LogP contribution in [0.2, 0.25) is 0 Å². The van der Waals surface area contributed by atoms with E-state index in [1.807, 2.05) is 11.5 Å². The first kappa shape index (κ1) is 22.1. The first-order valence-electron chi connectivity index (χ1n) is 8.37. The molecule has 1 atom stereocenters. The molecule has 0 amide bonds. The minimum atomic E-state index is -0.357. The fourth-order valence-corrected chi connectivity index (χ4v) is 2.22. The molecule has 0 spiro atoms. The van der Waals surface area contributed by atoms with Crippen LogP contribution in [0.15, 0.2) is 41.9 Å². The number of hydrogen-bond acceptors (Lipinski definition) is 4. The van der Waals surface area contributed by atoms with Crippen LogP contribution in [-0.4, -0.2) is 47.0 Å². The van der Waals surface area contributed by atoms with Gasteiger partial charge in [-0.15, -0.1) is 34.2 Å². The number of aryl methyl sites for hydroxylation is 1. The van der Waals surface area contributed by atoms with Gasteiger partial charge in [-0.05, 0) is 31.9 Å². The highest BCUT2D eigenvalue weighted by Crippen LogP contribution is 2.16. The molecule has 1 heterocycles. The summed E-state index contributed by atoms with van der Waals surface area (Å²) in [6.45, 7) is 4.11. The Kier molecular flexibility index (Phi) is 10.6. The van der Waals surface area contributed by atoms with Gasteiger partial charge in [0, 0.05) is 20.1 Å². The molecule has 0 radical (unpaired) electrons. The van der Waals surface area contributed by atoms with Crippen LogP contribution in [0.25, 0.3) is 0 Å². The smallest absolute Gasteiger partial charge is 0.191 e. The Hall–Kier alpha value is -1.91. The molecule has 0 saturated carbocycles. The molecule has 1 aromatic carbocycles. The van der Waals surface area contributed by atoms with E-state index in [1.165, 1.54) is 6.07 Å². The molecule has 0 fully saturated rings. The largest absolute Gasteiger partial charge is 0.486 e. The second kappa shape index (κ2) is 12.4. The number of nitrogens with one attached hydrogen (secondary N) is 2. The Morgan fingerprint density at radius 2 is 1.96 bits per heavy atom. The first-order valence-corrected chi connectivity index (χ1v) is 8.37. The second-order valence-corrected chi connectivity index (χ2v) is 5.65. The van der Waals surface area contributed by atoms with E-state index >= 15 is 0 Å². The lowest BCUT2D eigenvalue weighted by Crippen LogP contribution is -2.42. The zero-order chi connectivity index (χ0) is 17.9. The van der Waals surface area contributed by atoms with E-state index in [0.717, 1.165) is 25.9 Å². The number of aliphatic imine (C=N–C) groups is 1. The summed E-state index contributed by atoms with van der Waals surface area (Å²) in [4.78, 5) is 4.17. The highest BCUT2D eigenvalue weighted by molar-refractivity contribution is 14.0. The first-order chi connectivity index (χ1) is 12.2. The number of rotatable bonds is 9. The molecule has 144 valence electrons. The molecule has 0 bridgehead atoms. The second-order valence-electron chi connectivity index (χ2n) is 5.65. The lowest BCUT2D eigenvalue weighted by atomic mass is 10.3. The zero-order valence-electron chi connectivity index (χ0n) is 15.1. The van der Waals surface area contributed by atoms with Gasteiger partial charge in [-0.1, -0.05) is 12.1 Å². The predicted molar refractivity (Wildman–Crippen MR) is 111 cm³/mol. The lowest BCUT2D eigenvalue weighted by molar-refractivity contribution is 0.214. The summed E-state index contributed by atoms with van der Waals surface area (Å²) in [5.74, 6) is 0.604. The van der Waals surface area contributed by atoms with Crippen molar-refractivity contribution in [2.75, 3.05) is 20.1 Å². The SMILES string of the molecule is CN=C(NCCCCn1cnnc1)NCC(C)Oc1ccccc1F.I. The average molecular weight is 476 g/mol. The number of halogens is 2. The molecule has 2 aromatic rings. The number of hydrogen-bond donors (Lipinski definition) is 2. The molecule has 26 heavy (non-hydrogen) atoms. The van der Waals surface area contributed by atoms with E-state index in [1.54, 1.807) is 37.9 Å². The van der Waals surface area contributed by atoms with E-state index in [4.69, 9.17) is 4.74 Å². The molecule has 0 aliphatic rings. The average Bonchev–Trinajstić information content (AvgIpc) is 3.13. The van der Waals surface area contributed by atoms with Gasteiger partial charge in [0.15, 0.2) is 17.5 Å². The Bertz CT molecular complexity index is 652. The number of aromatic nitrogens is 3. The highest BCUT2D eigenvalue weighted by Gasteiger charge is 2.08. The number of guanidine groups is 1. The van der Waals surface area contributed by atoms with E-state index in [2.05, 4.69) is 25.8 Å². The molecule has 0 aliphatic carbocycles. The van der Waals surface area contributed by atoms with Crippen LogP contribution >= 0.6 is 24.0 Å². The van der Waals surface area contributed by atoms with Gasteiger partial charge in [0.2, 0.25) is 0 Å². The van der Waals surface area contributed by atoms with E-state index < -0.39 is 0 Å². The molecule has 9 heteroatoms. The van der Waals surface area contributed by atoms with Crippen molar-refractivity contribution in [3.8, 4) is 5.75 Å². The molecule has 0 aliphatic heterocycles. The summed E-state index contributed by atoms with van der Waals surface area (Å²) < 4.78 is 21.1. The maximum atomic E-state index is 13.6. The van der Waals surface area contributed by atoms with Gasteiger partial charge >= 0.3 is 0 Å². The number of ether oxygens (including phenoxy) is 1. The van der Waals surface area contributed by atoms with Crippen molar-refractivity contribution in [2.45, 2.75) is 32.4 Å². The van der Waals surface area contributed by atoms with Crippen LogP contribution in [0.1, 0.15) is 19.8 Å². The Morgan fingerprint density at radius 3 is 2.65 bits per heavy atom. The van der Waals surface area contributed by atoms with Crippen molar-refractivity contribution < 1.29 is 9.13 Å². The third kappa shape index (κ3) is 7.98. The molecule has 1 aromatic heterocycles. The summed E-state index contributed by atoms with van der Waals surface area (Å²) in [7, 11) is 1.72. The van der Waals surface area contributed by atoms with E-state index in [9.17, 15) is 4.39 Å². The quantitative estimate of drug-likeness (QED) is 0.252. The maximum Gasteiger partial charge on any atom is 0.191 e. The molecule has 0 saturated heterocycles. The summed E-state index contributed by atoms with van der Waals surface area (Å²) in [5.41, 5.74) is 0. The molecule has 2 N–H and O–H groups in total. The molecular weight excluding hydrogens is 450 g/mol. The summed E-state index contributed by atoms with van der Waals surface area (Å²) in [5, 5.41) is 14.0. The van der Waals surface area contributed by atoms with Crippen molar-refractivity contribution in [1.29, 1.82) is 0 Å². The standard InChI is InChI=1S/C17H25FN6O.HI/c1-14(25-16-8-4-3-7-15(16)18)11-21-17(19-2)20-9-5-6-10-24-12-22-23-13-24;/h3-4,7-8,12-14H,5-6,9-11H2,1-2H3,(H2,19,20,21);1H. The third-order valence-electron chi connectivity index (χ3n) is 3.55. The van der Waals surface area contributed by atoms with Crippen LogP contribution < -0.4 is 15.4 Å². The van der Waals surface area contributed by atoms with Gasteiger partial charge < -0.3 is 19.9 Å². The number of benzene rings is 1. The Labute approximate surface area is 170 Å². The molecule has 7 nitrogen and oxygen atoms in total. The topological polar surface area (TPSA) is 76.4 Å². The van der Waals surface area contributed by atoms with E-state index in [-0.39, 0.29) is 41.6 Å².